The van der Waals surface area contributed by atoms with Gasteiger partial charge in [-0.1, -0.05) is 18.2 Å². The second kappa shape index (κ2) is 9.42. The van der Waals surface area contributed by atoms with Crippen molar-refractivity contribution in [1.29, 1.82) is 0 Å². The average Bonchev–Trinajstić information content (AvgIpc) is 3.30. The number of ether oxygens (including phenoxy) is 1. The zero-order chi connectivity index (χ0) is 22.6. The van der Waals surface area contributed by atoms with Gasteiger partial charge >= 0.3 is 0 Å². The highest BCUT2D eigenvalue weighted by Crippen LogP contribution is 2.30. The van der Waals surface area contributed by atoms with Crippen molar-refractivity contribution >= 4 is 22.6 Å². The number of carbonyl (C=O) groups excluding carboxylic acids is 1. The monoisotopic (exact) mass is 442 g/mol. The number of hydrogen-bond acceptors (Lipinski definition) is 6. The molecule has 1 aliphatic carbocycles. The first kappa shape index (κ1) is 21.2. The highest BCUT2D eigenvalue weighted by atomic mass is 16.5. The fourth-order valence-corrected chi connectivity index (χ4v) is 4.39. The van der Waals surface area contributed by atoms with Crippen molar-refractivity contribution in [2.75, 3.05) is 11.9 Å². The van der Waals surface area contributed by atoms with Gasteiger partial charge in [-0.2, -0.15) is 0 Å². The predicted octanol–water partition coefficient (Wildman–Crippen LogP) is 4.94. The van der Waals surface area contributed by atoms with Gasteiger partial charge in [0, 0.05) is 24.4 Å². The molecule has 1 saturated carbocycles. The van der Waals surface area contributed by atoms with E-state index in [-0.39, 0.29) is 18.4 Å². The minimum absolute atomic E-state index is 0.102. The van der Waals surface area contributed by atoms with Crippen molar-refractivity contribution in [3.05, 3.63) is 78.2 Å². The second-order valence-electron chi connectivity index (χ2n) is 8.46. The fourth-order valence-electron chi connectivity index (χ4n) is 4.39. The number of H-pyrrole nitrogens is 1. The number of rotatable bonds is 7. The summed E-state index contributed by atoms with van der Waals surface area (Å²) < 4.78 is 5.83. The molecular weight excluding hydrogens is 416 g/mol. The number of nitrogens with zero attached hydrogens (tertiary/aromatic N) is 2. The number of aromatic nitrogens is 3. The van der Waals surface area contributed by atoms with E-state index in [4.69, 9.17) is 4.74 Å². The Morgan fingerprint density at radius 1 is 1.00 bits per heavy atom. The van der Waals surface area contributed by atoms with Crippen LogP contribution in [0, 0.1) is 5.92 Å². The lowest BCUT2D eigenvalue weighted by Crippen LogP contribution is -2.27. The zero-order valence-electron chi connectivity index (χ0n) is 18.2. The minimum atomic E-state index is -0.102. The van der Waals surface area contributed by atoms with E-state index < -0.39 is 0 Å². The summed E-state index contributed by atoms with van der Waals surface area (Å²) in [5.74, 6) is 2.36. The zero-order valence-corrected chi connectivity index (χ0v) is 18.2. The van der Waals surface area contributed by atoms with Crippen LogP contribution in [0.3, 0.4) is 0 Å². The summed E-state index contributed by atoms with van der Waals surface area (Å²) in [5.41, 5.74) is 1.73. The lowest BCUT2D eigenvalue weighted by molar-refractivity contribution is 0.104. The van der Waals surface area contributed by atoms with Gasteiger partial charge in [0.25, 0.3) is 0 Å². The molecule has 1 aliphatic rings. The Kier molecular flexibility index (Phi) is 6.04. The fraction of sp³-hybridized carbons (Fsp3) is 0.269. The summed E-state index contributed by atoms with van der Waals surface area (Å²) in [7, 11) is 0. The van der Waals surface area contributed by atoms with E-state index in [1.807, 2.05) is 30.3 Å². The largest absolute Gasteiger partial charge is 0.457 e. The van der Waals surface area contributed by atoms with E-state index in [1.165, 1.54) is 6.33 Å². The Hall–Kier alpha value is -3.71. The van der Waals surface area contributed by atoms with Crippen LogP contribution in [0.15, 0.2) is 67.1 Å². The van der Waals surface area contributed by atoms with Gasteiger partial charge in [-0.3, -0.25) is 4.79 Å². The van der Waals surface area contributed by atoms with Gasteiger partial charge in [-0.25, -0.2) is 9.97 Å². The number of benzene rings is 2. The van der Waals surface area contributed by atoms with E-state index in [0.717, 1.165) is 31.4 Å². The quantitative estimate of drug-likeness (QED) is 0.350. The Morgan fingerprint density at radius 2 is 1.73 bits per heavy atom. The maximum absolute atomic E-state index is 13.3. The van der Waals surface area contributed by atoms with E-state index in [2.05, 4.69) is 20.3 Å². The summed E-state index contributed by atoms with van der Waals surface area (Å²) in [6.45, 7) is 0.246. The molecule has 4 aromatic rings. The summed E-state index contributed by atoms with van der Waals surface area (Å²) >= 11 is 0. The van der Waals surface area contributed by atoms with Crippen LogP contribution < -0.4 is 10.1 Å². The molecule has 0 atom stereocenters. The van der Waals surface area contributed by atoms with Crippen LogP contribution in [0.4, 0.5) is 5.82 Å². The molecule has 0 aliphatic heterocycles. The summed E-state index contributed by atoms with van der Waals surface area (Å²) in [6.07, 6.45) is 7.10. The van der Waals surface area contributed by atoms with Crippen molar-refractivity contribution in [3.8, 4) is 11.5 Å². The standard InChI is InChI=1S/C26H26N4O3/c31-15-17-6-10-19(11-7-17)30-26-23-22(14-27-25(23)28-16-29-26)24(32)18-8-12-21(13-9-18)33-20-4-2-1-3-5-20/h1-5,8-9,12-14,16-17,19,31H,6-7,10-11,15H2,(H2,27,28,29,30). The van der Waals surface area contributed by atoms with Gasteiger partial charge in [0.1, 0.15) is 29.3 Å². The van der Waals surface area contributed by atoms with Gasteiger partial charge in [-0.15, -0.1) is 0 Å². The number of anilines is 1. The average molecular weight is 443 g/mol. The lowest BCUT2D eigenvalue weighted by Gasteiger charge is -2.28. The van der Waals surface area contributed by atoms with Gasteiger partial charge in [0.05, 0.1) is 10.9 Å². The Bertz CT molecular complexity index is 1230. The maximum atomic E-state index is 13.3. The molecule has 1 fully saturated rings. The minimum Gasteiger partial charge on any atom is -0.457 e. The third kappa shape index (κ3) is 4.59. The predicted molar refractivity (Wildman–Crippen MR) is 127 cm³/mol. The van der Waals surface area contributed by atoms with Gasteiger partial charge in [-0.05, 0) is 68.0 Å². The molecule has 7 nitrogen and oxygen atoms in total. The van der Waals surface area contributed by atoms with Crippen molar-refractivity contribution in [2.45, 2.75) is 31.7 Å². The Labute approximate surface area is 191 Å². The second-order valence-corrected chi connectivity index (χ2v) is 8.46. The third-order valence-corrected chi connectivity index (χ3v) is 6.26. The molecule has 2 aromatic carbocycles. The molecule has 5 rings (SSSR count). The molecule has 0 saturated heterocycles. The number of hydrogen-bond donors (Lipinski definition) is 3. The molecule has 3 N–H and O–H groups in total. The van der Waals surface area contributed by atoms with Crippen LogP contribution in [0.1, 0.15) is 41.6 Å². The molecule has 2 heterocycles. The van der Waals surface area contributed by atoms with Crippen molar-refractivity contribution < 1.29 is 14.6 Å². The number of para-hydroxylation sites is 1. The maximum Gasteiger partial charge on any atom is 0.195 e. The van der Waals surface area contributed by atoms with Crippen LogP contribution in [0.2, 0.25) is 0 Å². The molecular formula is C26H26N4O3. The van der Waals surface area contributed by atoms with Crippen LogP contribution in [0.25, 0.3) is 11.0 Å². The number of fused-ring (bicyclic) bond motifs is 1. The first-order chi connectivity index (χ1) is 16.2. The first-order valence-electron chi connectivity index (χ1n) is 11.3. The van der Waals surface area contributed by atoms with E-state index in [0.29, 0.717) is 39.6 Å². The molecule has 0 amide bonds. The van der Waals surface area contributed by atoms with Crippen LogP contribution in [0.5, 0.6) is 11.5 Å². The van der Waals surface area contributed by atoms with Crippen LogP contribution >= 0.6 is 0 Å². The van der Waals surface area contributed by atoms with Gasteiger partial charge in [0.2, 0.25) is 0 Å². The molecule has 2 aromatic heterocycles. The van der Waals surface area contributed by atoms with Crippen LogP contribution in [-0.2, 0) is 0 Å². The van der Waals surface area contributed by atoms with E-state index in [9.17, 15) is 9.90 Å². The molecule has 0 radical (unpaired) electrons. The molecule has 0 bridgehead atoms. The normalized spacial score (nSPS) is 18.2. The summed E-state index contributed by atoms with van der Waals surface area (Å²) in [6, 6.07) is 16.9. The number of aliphatic hydroxyl groups is 1. The van der Waals surface area contributed by atoms with Crippen molar-refractivity contribution in [3.63, 3.8) is 0 Å². The molecule has 0 unspecified atom stereocenters. The number of carbonyl (C=O) groups is 1. The van der Waals surface area contributed by atoms with Crippen molar-refractivity contribution in [2.24, 2.45) is 5.92 Å². The Balaban J connectivity index is 1.36. The topological polar surface area (TPSA) is 100 Å². The van der Waals surface area contributed by atoms with E-state index >= 15 is 0 Å². The number of ketones is 1. The first-order valence-corrected chi connectivity index (χ1v) is 11.3. The molecule has 33 heavy (non-hydrogen) atoms. The Morgan fingerprint density at radius 3 is 2.45 bits per heavy atom. The number of aromatic amines is 1. The highest BCUT2D eigenvalue weighted by Gasteiger charge is 2.23. The smallest absolute Gasteiger partial charge is 0.195 e. The lowest BCUT2D eigenvalue weighted by atomic mass is 9.86. The number of nitrogens with one attached hydrogen (secondary N) is 2. The van der Waals surface area contributed by atoms with Crippen molar-refractivity contribution in [1.82, 2.24) is 15.0 Å². The SMILES string of the molecule is O=C(c1ccc(Oc2ccccc2)cc1)c1c[nH]c2ncnc(NC3CCC(CO)CC3)c12. The molecule has 7 heteroatoms. The molecule has 0 spiro atoms. The number of aliphatic hydroxyl groups excluding tert-OH is 1. The summed E-state index contributed by atoms with van der Waals surface area (Å²) in [4.78, 5) is 25.2. The highest BCUT2D eigenvalue weighted by molar-refractivity contribution is 6.18. The van der Waals surface area contributed by atoms with Gasteiger partial charge in [0.15, 0.2) is 5.78 Å². The van der Waals surface area contributed by atoms with Gasteiger partial charge < -0.3 is 20.1 Å². The van der Waals surface area contributed by atoms with E-state index in [1.54, 1.807) is 30.5 Å². The van der Waals surface area contributed by atoms with Crippen LogP contribution in [-0.4, -0.2) is 38.5 Å². The molecule has 168 valence electrons. The summed E-state index contributed by atoms with van der Waals surface area (Å²) in [5, 5.41) is 13.6. The third-order valence-electron chi connectivity index (χ3n) is 6.26.